The minimum Gasteiger partial charge on any atom is -0.497 e. The number of sulfonamides is 1. The molecule has 0 fully saturated rings. The van der Waals surface area contributed by atoms with Crippen LogP contribution in [-0.4, -0.2) is 55.8 Å². The van der Waals surface area contributed by atoms with Crippen LogP contribution >= 0.6 is 11.6 Å². The number of nitro groups is 1. The van der Waals surface area contributed by atoms with Crippen molar-refractivity contribution in [3.05, 3.63) is 93.0 Å². The zero-order valence-corrected chi connectivity index (χ0v) is 26.9. The van der Waals surface area contributed by atoms with Gasteiger partial charge in [-0.05, 0) is 74.7 Å². The van der Waals surface area contributed by atoms with Crippen molar-refractivity contribution in [1.82, 2.24) is 10.2 Å². The lowest BCUT2D eigenvalue weighted by atomic mass is 10.1. The molecule has 0 aliphatic heterocycles. The van der Waals surface area contributed by atoms with Gasteiger partial charge in [-0.2, -0.15) is 0 Å². The van der Waals surface area contributed by atoms with Crippen LogP contribution < -0.4 is 14.4 Å². The highest BCUT2D eigenvalue weighted by Crippen LogP contribution is 2.29. The maximum Gasteiger partial charge on any atom is 0.273 e. The molecule has 2 amide bonds. The summed E-state index contributed by atoms with van der Waals surface area (Å²) in [6, 6.07) is 15.4. The molecule has 0 aromatic heterocycles. The first-order valence-electron chi connectivity index (χ1n) is 14.1. The Labute approximate surface area is 263 Å². The summed E-state index contributed by atoms with van der Waals surface area (Å²) in [6.07, 6.45) is 0.945. The van der Waals surface area contributed by atoms with Gasteiger partial charge in [0.1, 0.15) is 18.3 Å². The van der Waals surface area contributed by atoms with Crippen LogP contribution in [-0.2, 0) is 26.2 Å². The molecule has 11 nitrogen and oxygen atoms in total. The monoisotopic (exact) mass is 644 g/mol. The minimum absolute atomic E-state index is 0.00887. The van der Waals surface area contributed by atoms with Gasteiger partial charge in [-0.3, -0.25) is 24.0 Å². The number of aryl methyl sites for hydroxylation is 1. The van der Waals surface area contributed by atoms with Gasteiger partial charge in [0, 0.05) is 29.2 Å². The number of halogens is 1. The van der Waals surface area contributed by atoms with Crippen molar-refractivity contribution in [1.29, 1.82) is 0 Å². The molecule has 0 heterocycles. The Balaban J connectivity index is 2.11. The number of carbonyl (C=O) groups is 2. The molecule has 0 aliphatic rings. The van der Waals surface area contributed by atoms with Crippen molar-refractivity contribution in [3.8, 4) is 5.75 Å². The average Bonchev–Trinajstić information content (AvgIpc) is 3.00. The Morgan fingerprint density at radius 2 is 1.66 bits per heavy atom. The van der Waals surface area contributed by atoms with E-state index >= 15 is 0 Å². The van der Waals surface area contributed by atoms with Gasteiger partial charge in [0.2, 0.25) is 11.8 Å². The van der Waals surface area contributed by atoms with E-state index in [0.29, 0.717) is 22.8 Å². The number of ether oxygens (including phenoxy) is 1. The molecule has 0 spiro atoms. The number of methoxy groups -OCH3 is 1. The lowest BCUT2D eigenvalue weighted by Gasteiger charge is -2.33. The van der Waals surface area contributed by atoms with E-state index in [1.807, 2.05) is 13.8 Å². The van der Waals surface area contributed by atoms with Crippen LogP contribution in [0.1, 0.15) is 44.7 Å². The maximum absolute atomic E-state index is 14.2. The molecule has 2 atom stereocenters. The van der Waals surface area contributed by atoms with E-state index in [1.165, 1.54) is 43.2 Å². The van der Waals surface area contributed by atoms with Crippen LogP contribution in [0.3, 0.4) is 0 Å². The SMILES string of the molecule is CCC(C)NC(=O)C(CC)N(Cc1ccc(Cl)cc1)C(=O)CN(c1ccc(OC)cc1)S(=O)(=O)c1ccc(C)c([N+](=O)[O-])c1. The van der Waals surface area contributed by atoms with Crippen LogP contribution in [0, 0.1) is 17.0 Å². The summed E-state index contributed by atoms with van der Waals surface area (Å²) in [5.41, 5.74) is 0.731. The van der Waals surface area contributed by atoms with Gasteiger partial charge in [-0.25, -0.2) is 8.42 Å². The van der Waals surface area contributed by atoms with E-state index in [-0.39, 0.29) is 46.7 Å². The predicted octanol–water partition coefficient (Wildman–Crippen LogP) is 5.48. The van der Waals surface area contributed by atoms with E-state index in [9.17, 15) is 28.1 Å². The second-order valence-corrected chi connectivity index (χ2v) is 12.6. The highest BCUT2D eigenvalue weighted by atomic mass is 35.5. The van der Waals surface area contributed by atoms with Crippen molar-refractivity contribution < 1.29 is 27.7 Å². The number of carbonyl (C=O) groups excluding carboxylic acids is 2. The summed E-state index contributed by atoms with van der Waals surface area (Å²) in [4.78, 5) is 39.5. The van der Waals surface area contributed by atoms with Crippen molar-refractivity contribution in [2.24, 2.45) is 0 Å². The molecule has 236 valence electrons. The van der Waals surface area contributed by atoms with Gasteiger partial charge in [0.25, 0.3) is 15.7 Å². The third-order valence-electron chi connectivity index (χ3n) is 7.26. The molecule has 13 heteroatoms. The highest BCUT2D eigenvalue weighted by Gasteiger charge is 2.34. The number of nitrogens with one attached hydrogen (secondary N) is 1. The standard InChI is InChI=1S/C31H37ClN4O7S/c1-6-22(4)33-31(38)28(7-2)34(19-23-9-11-24(32)12-10-23)30(37)20-35(25-13-15-26(43-5)16-14-25)44(41,42)27-17-8-21(3)29(18-27)36(39)40/h8-18,22,28H,6-7,19-20H2,1-5H3,(H,33,38). The van der Waals surface area contributed by atoms with E-state index in [1.54, 1.807) is 43.3 Å². The Morgan fingerprint density at radius 1 is 1.02 bits per heavy atom. The third kappa shape index (κ3) is 8.26. The van der Waals surface area contributed by atoms with Gasteiger partial charge in [0.05, 0.1) is 22.6 Å². The Morgan fingerprint density at radius 3 is 2.20 bits per heavy atom. The molecule has 0 saturated heterocycles. The zero-order valence-electron chi connectivity index (χ0n) is 25.3. The fraction of sp³-hybridized carbons (Fsp3) is 0.355. The van der Waals surface area contributed by atoms with E-state index < -0.39 is 33.4 Å². The van der Waals surface area contributed by atoms with Crippen molar-refractivity contribution >= 4 is 44.8 Å². The summed E-state index contributed by atoms with van der Waals surface area (Å²) >= 11 is 6.06. The van der Waals surface area contributed by atoms with Crippen molar-refractivity contribution in [2.75, 3.05) is 18.0 Å². The summed E-state index contributed by atoms with van der Waals surface area (Å²) in [5, 5.41) is 15.0. The number of amides is 2. The van der Waals surface area contributed by atoms with Crippen LogP contribution in [0.5, 0.6) is 5.75 Å². The quantitative estimate of drug-likeness (QED) is 0.181. The van der Waals surface area contributed by atoms with E-state index in [0.717, 1.165) is 10.4 Å². The number of nitro benzene ring substituents is 1. The lowest BCUT2D eigenvalue weighted by Crippen LogP contribution is -2.53. The number of hydrogen-bond donors (Lipinski definition) is 1. The first-order chi connectivity index (χ1) is 20.8. The number of nitrogens with zero attached hydrogens (tertiary/aromatic N) is 3. The van der Waals surface area contributed by atoms with Gasteiger partial charge in [0.15, 0.2) is 0 Å². The molecule has 1 N–H and O–H groups in total. The van der Waals surface area contributed by atoms with Crippen molar-refractivity contribution in [3.63, 3.8) is 0 Å². The molecule has 0 saturated carbocycles. The lowest BCUT2D eigenvalue weighted by molar-refractivity contribution is -0.385. The van der Waals surface area contributed by atoms with Gasteiger partial charge in [-0.15, -0.1) is 0 Å². The van der Waals surface area contributed by atoms with Gasteiger partial charge >= 0.3 is 0 Å². The fourth-order valence-electron chi connectivity index (χ4n) is 4.50. The zero-order chi connectivity index (χ0) is 32.6. The van der Waals surface area contributed by atoms with Crippen LogP contribution in [0.4, 0.5) is 11.4 Å². The Kier molecular flexibility index (Phi) is 11.7. The molecule has 3 rings (SSSR count). The molecule has 0 radical (unpaired) electrons. The summed E-state index contributed by atoms with van der Waals surface area (Å²) < 4.78 is 34.3. The molecule has 3 aromatic carbocycles. The molecule has 2 unspecified atom stereocenters. The normalized spacial score (nSPS) is 12.6. The van der Waals surface area contributed by atoms with Crippen LogP contribution in [0.25, 0.3) is 0 Å². The number of benzene rings is 3. The topological polar surface area (TPSA) is 139 Å². The summed E-state index contributed by atoms with van der Waals surface area (Å²) in [6.45, 7) is 6.38. The second kappa shape index (κ2) is 15.0. The Hall–Kier alpha value is -4.16. The summed E-state index contributed by atoms with van der Waals surface area (Å²) in [7, 11) is -3.05. The predicted molar refractivity (Wildman–Crippen MR) is 169 cm³/mol. The molecule has 0 bridgehead atoms. The minimum atomic E-state index is -4.51. The van der Waals surface area contributed by atoms with Gasteiger partial charge < -0.3 is 15.0 Å². The third-order valence-corrected chi connectivity index (χ3v) is 9.28. The first kappa shape index (κ1) is 34.3. The second-order valence-electron chi connectivity index (χ2n) is 10.3. The largest absolute Gasteiger partial charge is 0.497 e. The number of rotatable bonds is 14. The smallest absolute Gasteiger partial charge is 0.273 e. The number of hydrogen-bond acceptors (Lipinski definition) is 7. The average molecular weight is 645 g/mol. The Bertz CT molecular complexity index is 1580. The molecular weight excluding hydrogens is 608 g/mol. The molecular formula is C31H37ClN4O7S. The van der Waals surface area contributed by atoms with Crippen LogP contribution in [0.15, 0.2) is 71.6 Å². The van der Waals surface area contributed by atoms with E-state index in [4.69, 9.17) is 16.3 Å². The first-order valence-corrected chi connectivity index (χ1v) is 15.9. The molecule has 44 heavy (non-hydrogen) atoms. The number of anilines is 1. The highest BCUT2D eigenvalue weighted by molar-refractivity contribution is 7.92. The maximum atomic E-state index is 14.2. The molecule has 0 aliphatic carbocycles. The fourth-order valence-corrected chi connectivity index (χ4v) is 6.06. The van der Waals surface area contributed by atoms with Crippen LogP contribution in [0.2, 0.25) is 5.02 Å². The molecule has 3 aromatic rings. The van der Waals surface area contributed by atoms with Crippen molar-refractivity contribution in [2.45, 2.75) is 64.1 Å². The van der Waals surface area contributed by atoms with Gasteiger partial charge in [-0.1, -0.05) is 43.6 Å². The van der Waals surface area contributed by atoms with E-state index in [2.05, 4.69) is 5.32 Å². The summed E-state index contributed by atoms with van der Waals surface area (Å²) in [5.74, 6) is -0.551.